The van der Waals surface area contributed by atoms with E-state index in [9.17, 15) is 9.18 Å². The molecule has 3 N–H and O–H groups in total. The summed E-state index contributed by atoms with van der Waals surface area (Å²) in [6, 6.07) is 4.66. The Bertz CT molecular complexity index is 638. The Morgan fingerprint density at radius 3 is 2.89 bits per heavy atom. The number of thiophene rings is 1. The predicted molar refractivity (Wildman–Crippen MR) is 76.6 cm³/mol. The van der Waals surface area contributed by atoms with E-state index in [4.69, 9.17) is 5.73 Å². The zero-order valence-electron chi connectivity index (χ0n) is 9.30. The number of nitrogens with one attached hydrogen (secondary N) is 1. The van der Waals surface area contributed by atoms with Crippen LogP contribution in [0.25, 0.3) is 10.1 Å². The minimum Gasteiger partial charge on any atom is -0.397 e. The van der Waals surface area contributed by atoms with Gasteiger partial charge in [-0.15, -0.1) is 11.3 Å². The lowest BCUT2D eigenvalue weighted by atomic mass is 10.2. The molecule has 0 saturated carbocycles. The fourth-order valence-electron chi connectivity index (χ4n) is 1.55. The van der Waals surface area contributed by atoms with Gasteiger partial charge in [-0.1, -0.05) is 28.6 Å². The fraction of sp³-hybridized carbons (Fsp3) is 0.0833. The molecule has 1 heterocycles. The van der Waals surface area contributed by atoms with Gasteiger partial charge in [-0.2, -0.15) is 0 Å². The highest BCUT2D eigenvalue weighted by Gasteiger charge is 2.18. The molecule has 0 bridgehead atoms. The summed E-state index contributed by atoms with van der Waals surface area (Å²) in [4.78, 5) is 12.2. The molecule has 0 fully saturated rings. The maximum absolute atomic E-state index is 13.6. The average molecular weight is 329 g/mol. The lowest BCUT2D eigenvalue weighted by Gasteiger charge is -2.02. The molecule has 0 saturated heterocycles. The summed E-state index contributed by atoms with van der Waals surface area (Å²) >= 11 is 4.32. The van der Waals surface area contributed by atoms with Crippen LogP contribution in [-0.2, 0) is 0 Å². The molecule has 1 aromatic carbocycles. The maximum Gasteiger partial charge on any atom is 0.263 e. The van der Waals surface area contributed by atoms with Gasteiger partial charge in [0.05, 0.1) is 11.1 Å². The zero-order chi connectivity index (χ0) is 13.3. The highest BCUT2D eigenvalue weighted by Crippen LogP contribution is 2.35. The van der Waals surface area contributed by atoms with Crippen LogP contribution in [0.5, 0.6) is 0 Å². The van der Waals surface area contributed by atoms with Crippen LogP contribution in [0.3, 0.4) is 0 Å². The molecule has 0 aliphatic heterocycles. The quantitative estimate of drug-likeness (QED) is 0.908. The largest absolute Gasteiger partial charge is 0.397 e. The Kier molecular flexibility index (Phi) is 3.68. The third-order valence-electron chi connectivity index (χ3n) is 2.35. The zero-order valence-corrected chi connectivity index (χ0v) is 11.7. The van der Waals surface area contributed by atoms with E-state index in [0.29, 0.717) is 26.0 Å². The SMILES string of the molecule is C=C(Br)CNC(=O)c1sc2cccc(F)c2c1N. The monoisotopic (exact) mass is 328 g/mol. The Hall–Kier alpha value is -1.40. The van der Waals surface area contributed by atoms with E-state index >= 15 is 0 Å². The number of amides is 1. The number of carbonyl (C=O) groups is 1. The van der Waals surface area contributed by atoms with E-state index in [-0.39, 0.29) is 11.6 Å². The van der Waals surface area contributed by atoms with Crippen LogP contribution < -0.4 is 11.1 Å². The van der Waals surface area contributed by atoms with E-state index in [1.807, 2.05) is 0 Å². The van der Waals surface area contributed by atoms with E-state index in [0.717, 1.165) is 0 Å². The molecule has 18 heavy (non-hydrogen) atoms. The Morgan fingerprint density at radius 2 is 2.28 bits per heavy atom. The molecule has 6 heteroatoms. The van der Waals surface area contributed by atoms with Crippen molar-refractivity contribution in [3.05, 3.63) is 40.0 Å². The number of fused-ring (bicyclic) bond motifs is 1. The third-order valence-corrected chi connectivity index (χ3v) is 3.80. The lowest BCUT2D eigenvalue weighted by molar-refractivity contribution is 0.0962. The number of rotatable bonds is 3. The van der Waals surface area contributed by atoms with Crippen molar-refractivity contribution in [2.45, 2.75) is 0 Å². The van der Waals surface area contributed by atoms with E-state index in [1.165, 1.54) is 17.4 Å². The van der Waals surface area contributed by atoms with Crippen LogP contribution in [0.15, 0.2) is 29.3 Å². The normalized spacial score (nSPS) is 10.6. The molecule has 0 aliphatic carbocycles. The summed E-state index contributed by atoms with van der Waals surface area (Å²) in [5.41, 5.74) is 6.01. The van der Waals surface area contributed by atoms with Crippen molar-refractivity contribution in [3.8, 4) is 0 Å². The van der Waals surface area contributed by atoms with Crippen LogP contribution in [0, 0.1) is 5.82 Å². The minimum atomic E-state index is -0.412. The van der Waals surface area contributed by atoms with Crippen LogP contribution in [-0.4, -0.2) is 12.5 Å². The second-order valence-corrected chi connectivity index (χ2v) is 5.83. The van der Waals surface area contributed by atoms with Crippen molar-refractivity contribution in [2.24, 2.45) is 0 Å². The van der Waals surface area contributed by atoms with Crippen LogP contribution in [0.4, 0.5) is 10.1 Å². The van der Waals surface area contributed by atoms with Crippen molar-refractivity contribution in [1.29, 1.82) is 0 Å². The predicted octanol–water partition coefficient (Wildman–Crippen LogP) is 3.26. The molecule has 0 atom stereocenters. The first-order valence-corrected chi connectivity index (χ1v) is 6.69. The Balaban J connectivity index is 2.40. The second-order valence-electron chi connectivity index (χ2n) is 3.66. The molecule has 1 aromatic heterocycles. The molecule has 0 aliphatic rings. The molecule has 1 amide bonds. The number of hydrogen-bond acceptors (Lipinski definition) is 3. The first-order chi connectivity index (χ1) is 8.50. The third kappa shape index (κ3) is 2.39. The summed E-state index contributed by atoms with van der Waals surface area (Å²) < 4.78 is 14.9. The van der Waals surface area contributed by atoms with Gasteiger partial charge in [0.15, 0.2) is 0 Å². The number of anilines is 1. The van der Waals surface area contributed by atoms with Crippen molar-refractivity contribution >= 4 is 48.9 Å². The van der Waals surface area contributed by atoms with Gasteiger partial charge in [-0.3, -0.25) is 4.79 Å². The van der Waals surface area contributed by atoms with Crippen molar-refractivity contribution < 1.29 is 9.18 Å². The Morgan fingerprint density at radius 1 is 1.56 bits per heavy atom. The van der Waals surface area contributed by atoms with Gasteiger partial charge in [-0.25, -0.2) is 4.39 Å². The Labute approximate surface area is 116 Å². The molecule has 2 aromatic rings. The molecule has 94 valence electrons. The average Bonchev–Trinajstić information content (AvgIpc) is 2.65. The van der Waals surface area contributed by atoms with Crippen molar-refractivity contribution in [1.82, 2.24) is 5.32 Å². The summed E-state index contributed by atoms with van der Waals surface area (Å²) in [7, 11) is 0. The van der Waals surface area contributed by atoms with Gasteiger partial charge in [0, 0.05) is 15.7 Å². The molecular formula is C12H10BrFN2OS. The standard InChI is InChI=1S/C12H10BrFN2OS/c1-6(13)5-16-12(17)11-10(15)9-7(14)3-2-4-8(9)18-11/h2-4H,1,5,15H2,(H,16,17). The van der Waals surface area contributed by atoms with Gasteiger partial charge in [0.1, 0.15) is 10.7 Å². The number of nitrogen functional groups attached to an aromatic ring is 1. The van der Waals surface area contributed by atoms with E-state index in [1.54, 1.807) is 12.1 Å². The fourth-order valence-corrected chi connectivity index (χ4v) is 2.75. The van der Waals surface area contributed by atoms with Crippen molar-refractivity contribution in [2.75, 3.05) is 12.3 Å². The number of carbonyl (C=O) groups excluding carboxylic acids is 1. The first-order valence-electron chi connectivity index (χ1n) is 5.08. The highest BCUT2D eigenvalue weighted by atomic mass is 79.9. The molecule has 2 rings (SSSR count). The van der Waals surface area contributed by atoms with Gasteiger partial charge in [-0.05, 0) is 12.1 Å². The van der Waals surface area contributed by atoms with Crippen LogP contribution >= 0.6 is 27.3 Å². The minimum absolute atomic E-state index is 0.186. The smallest absolute Gasteiger partial charge is 0.263 e. The highest BCUT2D eigenvalue weighted by molar-refractivity contribution is 9.11. The van der Waals surface area contributed by atoms with Gasteiger partial charge in [0.2, 0.25) is 0 Å². The topological polar surface area (TPSA) is 55.1 Å². The summed E-state index contributed by atoms with van der Waals surface area (Å²) in [5, 5.41) is 2.95. The molecule has 0 spiro atoms. The maximum atomic E-state index is 13.6. The van der Waals surface area contributed by atoms with Crippen LogP contribution in [0.2, 0.25) is 0 Å². The van der Waals surface area contributed by atoms with E-state index < -0.39 is 5.82 Å². The molecule has 0 radical (unpaired) electrons. The number of nitrogens with two attached hydrogens (primary N) is 1. The number of benzene rings is 1. The lowest BCUT2D eigenvalue weighted by Crippen LogP contribution is -2.24. The molecule has 0 unspecified atom stereocenters. The summed E-state index contributed by atoms with van der Waals surface area (Å²) in [5.74, 6) is -0.737. The van der Waals surface area contributed by atoms with Gasteiger partial charge in [0.25, 0.3) is 5.91 Å². The number of halogens is 2. The van der Waals surface area contributed by atoms with E-state index in [2.05, 4.69) is 27.8 Å². The number of hydrogen-bond donors (Lipinski definition) is 2. The molecule has 3 nitrogen and oxygen atoms in total. The first kappa shape index (κ1) is 13.0. The molecular weight excluding hydrogens is 319 g/mol. The second kappa shape index (κ2) is 5.07. The van der Waals surface area contributed by atoms with Gasteiger partial charge >= 0.3 is 0 Å². The van der Waals surface area contributed by atoms with Crippen LogP contribution in [0.1, 0.15) is 9.67 Å². The van der Waals surface area contributed by atoms with Gasteiger partial charge < -0.3 is 11.1 Å². The summed E-state index contributed by atoms with van der Waals surface area (Å²) in [6.07, 6.45) is 0. The van der Waals surface area contributed by atoms with Crippen molar-refractivity contribution in [3.63, 3.8) is 0 Å². The summed E-state index contributed by atoms with van der Waals surface area (Å²) in [6.45, 7) is 3.91.